The third-order valence-electron chi connectivity index (χ3n) is 3.24. The molecule has 1 atom stereocenters. The van der Waals surface area contributed by atoms with E-state index in [1.54, 1.807) is 6.33 Å². The van der Waals surface area contributed by atoms with E-state index in [2.05, 4.69) is 34.2 Å². The Morgan fingerprint density at radius 1 is 1.56 bits per heavy atom. The minimum Gasteiger partial charge on any atom is -0.347 e. The summed E-state index contributed by atoms with van der Waals surface area (Å²) in [7, 11) is 2.21. The van der Waals surface area contributed by atoms with Gasteiger partial charge >= 0.3 is 0 Å². The first-order valence-corrected chi connectivity index (χ1v) is 6.22. The molecule has 0 fully saturated rings. The van der Waals surface area contributed by atoms with Crippen molar-refractivity contribution >= 4 is 0 Å². The van der Waals surface area contributed by atoms with E-state index >= 15 is 0 Å². The number of aromatic amines is 1. The predicted molar refractivity (Wildman–Crippen MR) is 65.3 cm³/mol. The van der Waals surface area contributed by atoms with Gasteiger partial charge < -0.3 is 15.2 Å². The quantitative estimate of drug-likeness (QED) is 0.785. The Balaban J connectivity index is 1.80. The molecule has 0 bridgehead atoms. The van der Waals surface area contributed by atoms with Crippen LogP contribution in [0.5, 0.6) is 0 Å². The fraction of sp³-hybridized carbons (Fsp3) is 0.750. The van der Waals surface area contributed by atoms with Gasteiger partial charge in [0, 0.05) is 25.6 Å². The Hall–Kier alpha value is -0.870. The van der Waals surface area contributed by atoms with Gasteiger partial charge in [-0.25, -0.2) is 4.98 Å². The fourth-order valence-electron chi connectivity index (χ4n) is 2.25. The number of imidazole rings is 1. The lowest BCUT2D eigenvalue weighted by Gasteiger charge is -2.27. The molecule has 0 saturated heterocycles. The van der Waals surface area contributed by atoms with Gasteiger partial charge in [0.1, 0.15) is 0 Å². The molecule has 0 amide bonds. The molecule has 0 spiro atoms. The zero-order valence-corrected chi connectivity index (χ0v) is 10.3. The Morgan fingerprint density at radius 3 is 3.25 bits per heavy atom. The van der Waals surface area contributed by atoms with Gasteiger partial charge in [0.15, 0.2) is 0 Å². The summed E-state index contributed by atoms with van der Waals surface area (Å²) in [6, 6.07) is 0.553. The summed E-state index contributed by atoms with van der Waals surface area (Å²) in [5.41, 5.74) is 2.50. The molecule has 1 unspecified atom stereocenters. The van der Waals surface area contributed by atoms with Crippen molar-refractivity contribution in [1.82, 2.24) is 20.2 Å². The summed E-state index contributed by atoms with van der Waals surface area (Å²) < 4.78 is 0. The molecule has 4 heteroatoms. The topological polar surface area (TPSA) is 44.0 Å². The first-order chi connectivity index (χ1) is 7.79. The minimum atomic E-state index is 0.553. The predicted octanol–water partition coefficient (Wildman–Crippen LogP) is 1.16. The second kappa shape index (κ2) is 5.46. The first-order valence-electron chi connectivity index (χ1n) is 6.22. The van der Waals surface area contributed by atoms with E-state index in [-0.39, 0.29) is 0 Å². The molecule has 1 aliphatic rings. The van der Waals surface area contributed by atoms with Crippen LogP contribution in [0.1, 0.15) is 31.2 Å². The third kappa shape index (κ3) is 2.83. The molecule has 90 valence electrons. The van der Waals surface area contributed by atoms with Gasteiger partial charge in [-0.2, -0.15) is 0 Å². The molecule has 1 aromatic heterocycles. The zero-order valence-electron chi connectivity index (χ0n) is 10.3. The van der Waals surface area contributed by atoms with Gasteiger partial charge in [0.05, 0.1) is 17.7 Å². The number of hydrogen-bond donors (Lipinski definition) is 2. The summed E-state index contributed by atoms with van der Waals surface area (Å²) in [6.07, 6.45) is 5.41. The van der Waals surface area contributed by atoms with Crippen LogP contribution in [-0.4, -0.2) is 41.0 Å². The molecule has 2 N–H and O–H groups in total. The fourth-order valence-corrected chi connectivity index (χ4v) is 2.25. The van der Waals surface area contributed by atoms with E-state index < -0.39 is 0 Å². The molecule has 4 nitrogen and oxygen atoms in total. The van der Waals surface area contributed by atoms with Gasteiger partial charge in [0.2, 0.25) is 0 Å². The molecule has 0 radical (unpaired) electrons. The lowest BCUT2D eigenvalue weighted by atomic mass is 10.1. The van der Waals surface area contributed by atoms with E-state index in [1.165, 1.54) is 30.8 Å². The maximum Gasteiger partial charge on any atom is 0.0925 e. The summed E-state index contributed by atoms with van der Waals surface area (Å²) in [4.78, 5) is 9.96. The van der Waals surface area contributed by atoms with Crippen molar-refractivity contribution in [3.05, 3.63) is 17.7 Å². The van der Waals surface area contributed by atoms with Crippen LogP contribution in [-0.2, 0) is 13.0 Å². The van der Waals surface area contributed by atoms with Crippen LogP contribution >= 0.6 is 0 Å². The van der Waals surface area contributed by atoms with Crippen molar-refractivity contribution in [2.75, 3.05) is 20.1 Å². The van der Waals surface area contributed by atoms with Crippen LogP contribution in [0.3, 0.4) is 0 Å². The van der Waals surface area contributed by atoms with Crippen LogP contribution in [0.4, 0.5) is 0 Å². The molecule has 0 saturated carbocycles. The van der Waals surface area contributed by atoms with Crippen molar-refractivity contribution in [3.63, 3.8) is 0 Å². The van der Waals surface area contributed by atoms with Gasteiger partial charge in [0.25, 0.3) is 0 Å². The Labute approximate surface area is 97.4 Å². The zero-order chi connectivity index (χ0) is 11.4. The number of rotatable bonds is 5. The first kappa shape index (κ1) is 11.6. The molecule has 0 aliphatic carbocycles. The largest absolute Gasteiger partial charge is 0.347 e. The van der Waals surface area contributed by atoms with Crippen molar-refractivity contribution in [1.29, 1.82) is 0 Å². The number of fused-ring (bicyclic) bond motifs is 1. The highest BCUT2D eigenvalue weighted by atomic mass is 15.1. The molecular formula is C12H22N4. The van der Waals surface area contributed by atoms with Crippen molar-refractivity contribution in [2.45, 2.75) is 38.8 Å². The van der Waals surface area contributed by atoms with E-state index in [0.717, 1.165) is 19.5 Å². The number of H-pyrrole nitrogens is 1. The summed E-state index contributed by atoms with van der Waals surface area (Å²) in [6.45, 7) is 5.48. The Morgan fingerprint density at radius 2 is 2.44 bits per heavy atom. The monoisotopic (exact) mass is 222 g/mol. The lowest BCUT2D eigenvalue weighted by Crippen LogP contribution is -2.43. The number of unbranched alkanes of at least 4 members (excludes halogenated alkanes) is 1. The standard InChI is InChI=1S/C12H22N4/c1-3-4-5-16(2)8-10-6-11-12(7-13-10)15-9-14-11/h9-10,13H,3-8H2,1-2H3,(H,14,15). The Bertz CT molecular complexity index is 321. The lowest BCUT2D eigenvalue weighted by molar-refractivity contribution is 0.275. The van der Waals surface area contributed by atoms with Crippen molar-refractivity contribution in [2.24, 2.45) is 0 Å². The van der Waals surface area contributed by atoms with Gasteiger partial charge in [-0.3, -0.25) is 0 Å². The van der Waals surface area contributed by atoms with Crippen LogP contribution in [0, 0.1) is 0 Å². The van der Waals surface area contributed by atoms with Crippen LogP contribution < -0.4 is 5.32 Å². The van der Waals surface area contributed by atoms with Crippen LogP contribution in [0.2, 0.25) is 0 Å². The summed E-state index contributed by atoms with van der Waals surface area (Å²) >= 11 is 0. The van der Waals surface area contributed by atoms with Crippen LogP contribution in [0.15, 0.2) is 6.33 Å². The third-order valence-corrected chi connectivity index (χ3v) is 3.24. The highest BCUT2D eigenvalue weighted by molar-refractivity contribution is 5.15. The Kier molecular flexibility index (Phi) is 3.96. The number of nitrogens with zero attached hydrogens (tertiary/aromatic N) is 2. The second-order valence-electron chi connectivity index (χ2n) is 4.73. The van der Waals surface area contributed by atoms with Crippen molar-refractivity contribution in [3.8, 4) is 0 Å². The molecule has 0 aromatic carbocycles. The van der Waals surface area contributed by atoms with E-state index in [4.69, 9.17) is 0 Å². The molecule has 1 aromatic rings. The highest BCUT2D eigenvalue weighted by Gasteiger charge is 2.20. The normalized spacial score (nSPS) is 20.1. The summed E-state index contributed by atoms with van der Waals surface area (Å²) in [5, 5.41) is 3.56. The molecule has 1 aliphatic heterocycles. The summed E-state index contributed by atoms with van der Waals surface area (Å²) in [5.74, 6) is 0. The van der Waals surface area contributed by atoms with Gasteiger partial charge in [-0.15, -0.1) is 0 Å². The van der Waals surface area contributed by atoms with Crippen molar-refractivity contribution < 1.29 is 0 Å². The number of aromatic nitrogens is 2. The van der Waals surface area contributed by atoms with E-state index in [1.807, 2.05) is 0 Å². The minimum absolute atomic E-state index is 0.553. The number of likely N-dealkylation sites (N-methyl/N-ethyl adjacent to an activating group) is 1. The average molecular weight is 222 g/mol. The van der Waals surface area contributed by atoms with Crippen LogP contribution in [0.25, 0.3) is 0 Å². The second-order valence-corrected chi connectivity index (χ2v) is 4.73. The average Bonchev–Trinajstić information content (AvgIpc) is 2.73. The molecule has 16 heavy (non-hydrogen) atoms. The molecular weight excluding hydrogens is 200 g/mol. The van der Waals surface area contributed by atoms with E-state index in [0.29, 0.717) is 6.04 Å². The highest BCUT2D eigenvalue weighted by Crippen LogP contribution is 2.12. The maximum absolute atomic E-state index is 4.36. The van der Waals surface area contributed by atoms with Gasteiger partial charge in [-0.05, 0) is 20.0 Å². The smallest absolute Gasteiger partial charge is 0.0925 e. The molecule has 2 heterocycles. The SMILES string of the molecule is CCCCN(C)CC1Cc2nc[nH]c2CN1. The molecule has 2 rings (SSSR count). The number of hydrogen-bond acceptors (Lipinski definition) is 3. The number of nitrogens with one attached hydrogen (secondary N) is 2. The maximum atomic E-state index is 4.36. The van der Waals surface area contributed by atoms with Gasteiger partial charge in [-0.1, -0.05) is 13.3 Å². The van der Waals surface area contributed by atoms with E-state index in [9.17, 15) is 0 Å².